The molecule has 1 fully saturated rings. The maximum Gasteiger partial charge on any atom is 0.308 e. The maximum atomic E-state index is 11.6. The van der Waals surface area contributed by atoms with Gasteiger partial charge in [-0.3, -0.25) is 4.79 Å². The number of anilines is 1. The van der Waals surface area contributed by atoms with E-state index >= 15 is 0 Å². The molecule has 3 aromatic heterocycles. The van der Waals surface area contributed by atoms with E-state index in [1.54, 1.807) is 17.5 Å². The SMILES string of the molecule is O=C(O)C1CCCN(c2nc(-c3ccc(-c4cnco4)cc3)c(-c3cccc4[nH]ccc34)s2)C1. The number of nitrogens with one attached hydrogen (secondary N) is 1. The first kappa shape index (κ1) is 20.7. The minimum absolute atomic E-state index is 0.362. The minimum Gasteiger partial charge on any atom is -0.481 e. The molecular weight excluding hydrogens is 448 g/mol. The van der Waals surface area contributed by atoms with Gasteiger partial charge in [0, 0.05) is 46.9 Å². The zero-order chi connectivity index (χ0) is 23.1. The summed E-state index contributed by atoms with van der Waals surface area (Å²) in [7, 11) is 0. The first-order valence-corrected chi connectivity index (χ1v) is 12.0. The molecule has 170 valence electrons. The van der Waals surface area contributed by atoms with Crippen LogP contribution in [-0.2, 0) is 4.79 Å². The van der Waals surface area contributed by atoms with Crippen LogP contribution in [0.25, 0.3) is 43.9 Å². The van der Waals surface area contributed by atoms with Gasteiger partial charge in [0.1, 0.15) is 0 Å². The van der Waals surface area contributed by atoms with E-state index in [4.69, 9.17) is 9.40 Å². The van der Waals surface area contributed by atoms with Gasteiger partial charge >= 0.3 is 5.97 Å². The van der Waals surface area contributed by atoms with Crippen molar-refractivity contribution in [2.45, 2.75) is 12.8 Å². The van der Waals surface area contributed by atoms with Crippen molar-refractivity contribution in [2.75, 3.05) is 18.0 Å². The van der Waals surface area contributed by atoms with Crippen molar-refractivity contribution in [1.82, 2.24) is 15.0 Å². The maximum absolute atomic E-state index is 11.6. The monoisotopic (exact) mass is 470 g/mol. The molecule has 1 atom stereocenters. The number of rotatable bonds is 5. The molecule has 0 saturated carbocycles. The Bertz CT molecular complexity index is 1450. The Labute approximate surface area is 199 Å². The molecule has 1 aliphatic rings. The van der Waals surface area contributed by atoms with Crippen molar-refractivity contribution in [3.05, 3.63) is 67.3 Å². The van der Waals surface area contributed by atoms with Gasteiger partial charge in [-0.1, -0.05) is 47.7 Å². The number of aliphatic carboxylic acids is 1. The average molecular weight is 471 g/mol. The average Bonchev–Trinajstić information content (AvgIpc) is 3.65. The predicted octanol–water partition coefficient (Wildman–Crippen LogP) is 5.91. The summed E-state index contributed by atoms with van der Waals surface area (Å²) >= 11 is 1.63. The van der Waals surface area contributed by atoms with Gasteiger partial charge < -0.3 is 19.4 Å². The number of carboxylic acid groups (broad SMARTS) is 1. The van der Waals surface area contributed by atoms with E-state index < -0.39 is 5.97 Å². The van der Waals surface area contributed by atoms with Crippen LogP contribution < -0.4 is 4.90 Å². The highest BCUT2D eigenvalue weighted by Crippen LogP contribution is 2.43. The van der Waals surface area contributed by atoms with Crippen molar-refractivity contribution in [1.29, 1.82) is 0 Å². The van der Waals surface area contributed by atoms with E-state index in [9.17, 15) is 9.90 Å². The first-order chi connectivity index (χ1) is 16.7. The summed E-state index contributed by atoms with van der Waals surface area (Å²) < 4.78 is 5.43. The molecule has 5 aromatic rings. The van der Waals surface area contributed by atoms with E-state index in [0.29, 0.717) is 13.0 Å². The van der Waals surface area contributed by atoms with Crippen molar-refractivity contribution in [2.24, 2.45) is 5.92 Å². The predicted molar refractivity (Wildman–Crippen MR) is 133 cm³/mol. The molecule has 0 aliphatic carbocycles. The fourth-order valence-electron chi connectivity index (χ4n) is 4.61. The summed E-state index contributed by atoms with van der Waals surface area (Å²) in [5, 5.41) is 11.6. The number of carboxylic acids is 1. The van der Waals surface area contributed by atoms with E-state index in [1.807, 2.05) is 36.5 Å². The molecule has 0 spiro atoms. The summed E-state index contributed by atoms with van der Waals surface area (Å²) in [5.41, 5.74) is 5.04. The van der Waals surface area contributed by atoms with Crippen LogP contribution in [0.3, 0.4) is 0 Å². The molecule has 8 heteroatoms. The fourth-order valence-corrected chi connectivity index (χ4v) is 5.77. The Morgan fingerprint density at radius 2 is 2.00 bits per heavy atom. The molecule has 2 N–H and O–H groups in total. The van der Waals surface area contributed by atoms with Gasteiger partial charge in [-0.15, -0.1) is 0 Å². The van der Waals surface area contributed by atoms with Crippen molar-refractivity contribution in [3.63, 3.8) is 0 Å². The van der Waals surface area contributed by atoms with E-state index in [1.165, 1.54) is 6.39 Å². The molecule has 1 aliphatic heterocycles. The lowest BCUT2D eigenvalue weighted by Gasteiger charge is -2.30. The summed E-state index contributed by atoms with van der Waals surface area (Å²) in [6.45, 7) is 1.30. The number of aromatic nitrogens is 3. The third-order valence-electron chi connectivity index (χ3n) is 6.37. The van der Waals surface area contributed by atoms with Crippen LogP contribution in [0.2, 0.25) is 0 Å². The van der Waals surface area contributed by atoms with Crippen molar-refractivity contribution < 1.29 is 14.3 Å². The van der Waals surface area contributed by atoms with Gasteiger partial charge in [-0.05, 0) is 25.0 Å². The molecule has 34 heavy (non-hydrogen) atoms. The Balaban J connectivity index is 1.46. The van der Waals surface area contributed by atoms with Crippen molar-refractivity contribution in [3.8, 4) is 33.0 Å². The van der Waals surface area contributed by atoms with Crippen LogP contribution in [0, 0.1) is 5.92 Å². The second kappa shape index (κ2) is 8.46. The first-order valence-electron chi connectivity index (χ1n) is 11.2. The number of hydrogen-bond donors (Lipinski definition) is 2. The lowest BCUT2D eigenvalue weighted by atomic mass is 9.99. The summed E-state index contributed by atoms with van der Waals surface area (Å²) in [6.07, 6.45) is 6.63. The molecule has 1 unspecified atom stereocenters. The number of oxazole rings is 1. The molecule has 0 bridgehead atoms. The topological polar surface area (TPSA) is 95.2 Å². The minimum atomic E-state index is -0.734. The van der Waals surface area contributed by atoms with Crippen LogP contribution in [0.5, 0.6) is 0 Å². The normalized spacial score (nSPS) is 16.2. The summed E-state index contributed by atoms with van der Waals surface area (Å²) in [5.74, 6) is -0.378. The van der Waals surface area contributed by atoms with Gasteiger partial charge in [-0.25, -0.2) is 9.97 Å². The standard InChI is InChI=1S/C26H22N4O3S/c31-25(32)18-3-2-12-30(14-18)26-29-23(17-8-6-16(7-9-17)22-13-27-15-33-22)24(34-26)20-4-1-5-21-19(20)10-11-28-21/h1,4-11,13,15,18,28H,2-3,12,14H2,(H,31,32). The van der Waals surface area contributed by atoms with Crippen LogP contribution in [0.15, 0.2) is 71.7 Å². The van der Waals surface area contributed by atoms with Gasteiger partial charge in [-0.2, -0.15) is 0 Å². The van der Waals surface area contributed by atoms with Gasteiger partial charge in [0.25, 0.3) is 0 Å². The quantitative estimate of drug-likeness (QED) is 0.331. The number of nitrogens with zero attached hydrogens (tertiary/aromatic N) is 3. The van der Waals surface area contributed by atoms with E-state index in [0.717, 1.165) is 62.0 Å². The Morgan fingerprint density at radius 1 is 1.15 bits per heavy atom. The fraction of sp³-hybridized carbons (Fsp3) is 0.192. The van der Waals surface area contributed by atoms with Crippen LogP contribution in [0.4, 0.5) is 5.13 Å². The lowest BCUT2D eigenvalue weighted by molar-refractivity contribution is -0.141. The number of fused-ring (bicyclic) bond motifs is 1. The van der Waals surface area contributed by atoms with Crippen LogP contribution >= 0.6 is 11.3 Å². The highest BCUT2D eigenvalue weighted by atomic mass is 32.1. The van der Waals surface area contributed by atoms with E-state index in [2.05, 4.69) is 33.1 Å². The third kappa shape index (κ3) is 3.66. The van der Waals surface area contributed by atoms with Gasteiger partial charge in [0.15, 0.2) is 17.3 Å². The highest BCUT2D eigenvalue weighted by molar-refractivity contribution is 7.19. The lowest BCUT2D eigenvalue weighted by Crippen LogP contribution is -2.38. The number of aromatic amines is 1. The summed E-state index contributed by atoms with van der Waals surface area (Å²) in [6, 6.07) is 16.4. The number of piperidine rings is 1. The largest absolute Gasteiger partial charge is 0.481 e. The van der Waals surface area contributed by atoms with Gasteiger partial charge in [0.05, 0.1) is 22.7 Å². The van der Waals surface area contributed by atoms with E-state index in [-0.39, 0.29) is 5.92 Å². The zero-order valence-electron chi connectivity index (χ0n) is 18.3. The zero-order valence-corrected chi connectivity index (χ0v) is 19.1. The number of benzene rings is 2. The molecule has 7 nitrogen and oxygen atoms in total. The Kier molecular flexibility index (Phi) is 5.15. The number of thiazole rings is 1. The summed E-state index contributed by atoms with van der Waals surface area (Å²) in [4.78, 5) is 27.2. The second-order valence-corrected chi connectivity index (χ2v) is 9.46. The van der Waals surface area contributed by atoms with Crippen LogP contribution in [-0.4, -0.2) is 39.1 Å². The third-order valence-corrected chi connectivity index (χ3v) is 7.52. The molecule has 2 aromatic carbocycles. The highest BCUT2D eigenvalue weighted by Gasteiger charge is 2.28. The van der Waals surface area contributed by atoms with Crippen LogP contribution in [0.1, 0.15) is 12.8 Å². The van der Waals surface area contributed by atoms with Gasteiger partial charge in [0.2, 0.25) is 0 Å². The molecule has 4 heterocycles. The Morgan fingerprint density at radius 3 is 2.79 bits per heavy atom. The Hall–Kier alpha value is -3.91. The molecular formula is C26H22N4O3S. The molecule has 1 saturated heterocycles. The number of carbonyl (C=O) groups is 1. The number of hydrogen-bond acceptors (Lipinski definition) is 6. The second-order valence-electron chi connectivity index (χ2n) is 8.49. The number of H-pyrrole nitrogens is 1. The smallest absolute Gasteiger partial charge is 0.308 e. The molecule has 0 amide bonds. The van der Waals surface area contributed by atoms with Crippen molar-refractivity contribution >= 4 is 33.3 Å². The molecule has 0 radical (unpaired) electrons. The molecule has 6 rings (SSSR count).